The normalized spacial score (nSPS) is 17.6. The Bertz CT molecular complexity index is 565. The monoisotopic (exact) mass is 243 g/mol. The Morgan fingerprint density at radius 2 is 1.83 bits per heavy atom. The van der Waals surface area contributed by atoms with Gasteiger partial charge in [-0.15, -0.1) is 0 Å². The first-order chi connectivity index (χ1) is 8.72. The zero-order valence-corrected chi connectivity index (χ0v) is 10.1. The van der Waals surface area contributed by atoms with Gasteiger partial charge >= 0.3 is 0 Å². The molecule has 0 bridgehead atoms. The van der Waals surface area contributed by atoms with Crippen molar-refractivity contribution in [2.45, 2.75) is 13.0 Å². The van der Waals surface area contributed by atoms with E-state index >= 15 is 0 Å². The number of fused-ring (bicyclic) bond motifs is 1. The van der Waals surface area contributed by atoms with Crippen LogP contribution in [0.5, 0.6) is 5.75 Å². The molecule has 0 saturated heterocycles. The predicted molar refractivity (Wildman–Crippen MR) is 70.4 cm³/mol. The summed E-state index contributed by atoms with van der Waals surface area (Å²) < 4.78 is 18.5. The van der Waals surface area contributed by atoms with Crippen molar-refractivity contribution in [3.05, 3.63) is 48.3 Å². The minimum atomic E-state index is -0.216. The molecule has 1 atom stereocenters. The SMILES string of the molecule is CC1COc2ccc(-c3ccc(F)cc3)cc2N1. The van der Waals surface area contributed by atoms with E-state index in [-0.39, 0.29) is 5.82 Å². The number of ether oxygens (including phenoxy) is 1. The van der Waals surface area contributed by atoms with Crippen LogP contribution in [0.2, 0.25) is 0 Å². The fourth-order valence-electron chi connectivity index (χ4n) is 2.11. The van der Waals surface area contributed by atoms with E-state index in [1.54, 1.807) is 12.1 Å². The van der Waals surface area contributed by atoms with E-state index < -0.39 is 0 Å². The first kappa shape index (κ1) is 11.1. The Balaban J connectivity index is 1.99. The van der Waals surface area contributed by atoms with E-state index in [1.165, 1.54) is 12.1 Å². The second kappa shape index (κ2) is 4.33. The van der Waals surface area contributed by atoms with Crippen LogP contribution in [-0.4, -0.2) is 12.6 Å². The first-order valence-corrected chi connectivity index (χ1v) is 6.02. The third-order valence-corrected chi connectivity index (χ3v) is 3.05. The maximum atomic E-state index is 12.9. The van der Waals surface area contributed by atoms with Crippen LogP contribution in [0.3, 0.4) is 0 Å². The van der Waals surface area contributed by atoms with Crippen molar-refractivity contribution in [2.24, 2.45) is 0 Å². The highest BCUT2D eigenvalue weighted by molar-refractivity contribution is 5.72. The average molecular weight is 243 g/mol. The van der Waals surface area contributed by atoms with Gasteiger partial charge in [0, 0.05) is 0 Å². The Morgan fingerprint density at radius 1 is 1.11 bits per heavy atom. The summed E-state index contributed by atoms with van der Waals surface area (Å²) >= 11 is 0. The number of rotatable bonds is 1. The van der Waals surface area contributed by atoms with Crippen molar-refractivity contribution in [3.63, 3.8) is 0 Å². The summed E-state index contributed by atoms with van der Waals surface area (Å²) in [5.41, 5.74) is 3.05. The molecule has 18 heavy (non-hydrogen) atoms. The molecule has 0 spiro atoms. The summed E-state index contributed by atoms with van der Waals surface area (Å²) in [6.45, 7) is 2.76. The predicted octanol–water partition coefficient (Wildman–Crippen LogP) is 3.69. The van der Waals surface area contributed by atoms with Gasteiger partial charge in [0.1, 0.15) is 18.2 Å². The van der Waals surface area contributed by atoms with Gasteiger partial charge in [0.25, 0.3) is 0 Å². The molecule has 1 aliphatic heterocycles. The van der Waals surface area contributed by atoms with Gasteiger partial charge in [-0.2, -0.15) is 0 Å². The molecule has 92 valence electrons. The van der Waals surface area contributed by atoms with Crippen LogP contribution in [0.15, 0.2) is 42.5 Å². The highest BCUT2D eigenvalue weighted by Gasteiger charge is 2.15. The topological polar surface area (TPSA) is 21.3 Å². The molecular formula is C15H14FNO. The minimum Gasteiger partial charge on any atom is -0.489 e. The number of hydrogen-bond donors (Lipinski definition) is 1. The van der Waals surface area contributed by atoms with E-state index in [0.717, 1.165) is 22.6 Å². The molecule has 0 radical (unpaired) electrons. The van der Waals surface area contributed by atoms with Crippen LogP contribution >= 0.6 is 0 Å². The van der Waals surface area contributed by atoms with Crippen molar-refractivity contribution in [1.82, 2.24) is 0 Å². The lowest BCUT2D eigenvalue weighted by Crippen LogP contribution is -2.28. The van der Waals surface area contributed by atoms with Crippen LogP contribution in [0.1, 0.15) is 6.92 Å². The summed E-state index contributed by atoms with van der Waals surface area (Å²) in [5.74, 6) is 0.658. The van der Waals surface area contributed by atoms with E-state index in [0.29, 0.717) is 12.6 Å². The lowest BCUT2D eigenvalue weighted by Gasteiger charge is -2.25. The molecule has 1 unspecified atom stereocenters. The molecule has 0 aromatic heterocycles. The minimum absolute atomic E-state index is 0.216. The smallest absolute Gasteiger partial charge is 0.142 e. The van der Waals surface area contributed by atoms with E-state index in [4.69, 9.17) is 4.74 Å². The number of anilines is 1. The number of benzene rings is 2. The molecule has 3 heteroatoms. The summed E-state index contributed by atoms with van der Waals surface area (Å²) in [6, 6.07) is 12.8. The van der Waals surface area contributed by atoms with Crippen molar-refractivity contribution in [3.8, 4) is 16.9 Å². The van der Waals surface area contributed by atoms with E-state index in [1.807, 2.05) is 18.2 Å². The van der Waals surface area contributed by atoms with Crippen LogP contribution in [0, 0.1) is 5.82 Å². The Labute approximate surface area is 105 Å². The Kier molecular flexibility index (Phi) is 2.67. The van der Waals surface area contributed by atoms with Crippen molar-refractivity contribution in [2.75, 3.05) is 11.9 Å². The summed E-state index contributed by atoms with van der Waals surface area (Å²) in [7, 11) is 0. The largest absolute Gasteiger partial charge is 0.489 e. The van der Waals surface area contributed by atoms with Gasteiger partial charge in [-0.1, -0.05) is 18.2 Å². The first-order valence-electron chi connectivity index (χ1n) is 6.02. The van der Waals surface area contributed by atoms with E-state index in [2.05, 4.69) is 12.2 Å². The molecule has 2 aromatic rings. The second-order valence-electron chi connectivity index (χ2n) is 4.57. The van der Waals surface area contributed by atoms with Crippen LogP contribution in [-0.2, 0) is 0 Å². The van der Waals surface area contributed by atoms with E-state index in [9.17, 15) is 4.39 Å². The number of hydrogen-bond acceptors (Lipinski definition) is 2. The van der Waals surface area contributed by atoms with Crippen LogP contribution in [0.4, 0.5) is 10.1 Å². The summed E-state index contributed by atoms with van der Waals surface area (Å²) in [6.07, 6.45) is 0. The summed E-state index contributed by atoms with van der Waals surface area (Å²) in [4.78, 5) is 0. The molecule has 0 amide bonds. The molecule has 0 aliphatic carbocycles. The molecule has 3 rings (SSSR count). The number of halogens is 1. The fraction of sp³-hybridized carbons (Fsp3) is 0.200. The van der Waals surface area contributed by atoms with Gasteiger partial charge in [0.2, 0.25) is 0 Å². The van der Waals surface area contributed by atoms with Gasteiger partial charge in [0.15, 0.2) is 0 Å². The summed E-state index contributed by atoms with van der Waals surface area (Å²) in [5, 5.41) is 3.38. The second-order valence-corrected chi connectivity index (χ2v) is 4.57. The third-order valence-electron chi connectivity index (χ3n) is 3.05. The lowest BCUT2D eigenvalue weighted by atomic mass is 10.0. The highest BCUT2D eigenvalue weighted by Crippen LogP contribution is 2.33. The number of nitrogens with one attached hydrogen (secondary N) is 1. The molecule has 1 N–H and O–H groups in total. The fourth-order valence-corrected chi connectivity index (χ4v) is 2.11. The Hall–Kier alpha value is -2.03. The molecular weight excluding hydrogens is 229 g/mol. The van der Waals surface area contributed by atoms with Gasteiger partial charge in [-0.3, -0.25) is 0 Å². The van der Waals surface area contributed by atoms with Crippen molar-refractivity contribution >= 4 is 5.69 Å². The lowest BCUT2D eigenvalue weighted by molar-refractivity contribution is 0.292. The van der Waals surface area contributed by atoms with Crippen molar-refractivity contribution < 1.29 is 9.13 Å². The zero-order chi connectivity index (χ0) is 12.5. The van der Waals surface area contributed by atoms with Gasteiger partial charge in [-0.25, -0.2) is 4.39 Å². The maximum Gasteiger partial charge on any atom is 0.142 e. The average Bonchev–Trinajstić information content (AvgIpc) is 2.38. The van der Waals surface area contributed by atoms with Gasteiger partial charge in [-0.05, 0) is 42.3 Å². The molecule has 2 aromatic carbocycles. The molecule has 2 nitrogen and oxygen atoms in total. The van der Waals surface area contributed by atoms with Gasteiger partial charge < -0.3 is 10.1 Å². The molecule has 1 aliphatic rings. The van der Waals surface area contributed by atoms with Crippen molar-refractivity contribution in [1.29, 1.82) is 0 Å². The maximum absolute atomic E-state index is 12.9. The van der Waals surface area contributed by atoms with Gasteiger partial charge in [0.05, 0.1) is 11.7 Å². The standard InChI is InChI=1S/C15H14FNO/c1-10-9-18-15-7-4-12(8-14(15)17-10)11-2-5-13(16)6-3-11/h2-8,10,17H,9H2,1H3. The molecule has 0 saturated carbocycles. The van der Waals surface area contributed by atoms with Crippen LogP contribution < -0.4 is 10.1 Å². The Morgan fingerprint density at radius 3 is 2.61 bits per heavy atom. The van der Waals surface area contributed by atoms with Crippen LogP contribution in [0.25, 0.3) is 11.1 Å². The molecule has 1 heterocycles. The molecule has 0 fully saturated rings. The zero-order valence-electron chi connectivity index (χ0n) is 10.1. The quantitative estimate of drug-likeness (QED) is 0.824. The third kappa shape index (κ3) is 2.04. The highest BCUT2D eigenvalue weighted by atomic mass is 19.1.